The Hall–Kier alpha value is -2.82. The Bertz CT molecular complexity index is 656. The van der Waals surface area contributed by atoms with Crippen molar-refractivity contribution in [1.82, 2.24) is 10.9 Å². The number of hydrogen-bond donors (Lipinski definition) is 2. The molecule has 22 heavy (non-hydrogen) atoms. The maximum Gasteiger partial charge on any atom is 0.279 e. The summed E-state index contributed by atoms with van der Waals surface area (Å²) in [5.74, 6) is -0.195. The summed E-state index contributed by atoms with van der Waals surface area (Å²) in [6.45, 7) is 3.56. The third-order valence-electron chi connectivity index (χ3n) is 3.01. The SMILES string of the molecule is Cc1cccc(OC(C)C(=O)NNC(=O)c2ccccc2)c1. The lowest BCUT2D eigenvalue weighted by atomic mass is 10.2. The Labute approximate surface area is 129 Å². The first-order valence-electron chi connectivity index (χ1n) is 6.95. The number of ether oxygens (including phenoxy) is 1. The Kier molecular flexibility index (Phi) is 5.14. The minimum atomic E-state index is -0.724. The number of benzene rings is 2. The van der Waals surface area contributed by atoms with E-state index in [2.05, 4.69) is 10.9 Å². The topological polar surface area (TPSA) is 67.4 Å². The molecule has 0 spiro atoms. The molecule has 0 aliphatic carbocycles. The van der Waals surface area contributed by atoms with Gasteiger partial charge in [0.05, 0.1) is 0 Å². The van der Waals surface area contributed by atoms with E-state index >= 15 is 0 Å². The van der Waals surface area contributed by atoms with Crippen molar-refractivity contribution in [3.05, 3.63) is 65.7 Å². The number of carbonyl (C=O) groups is 2. The van der Waals surface area contributed by atoms with Crippen LogP contribution in [-0.2, 0) is 4.79 Å². The highest BCUT2D eigenvalue weighted by Gasteiger charge is 2.15. The highest BCUT2D eigenvalue weighted by Crippen LogP contribution is 2.14. The van der Waals surface area contributed by atoms with Gasteiger partial charge in [0.1, 0.15) is 5.75 Å². The van der Waals surface area contributed by atoms with E-state index in [1.165, 1.54) is 0 Å². The van der Waals surface area contributed by atoms with Crippen LogP contribution in [0.5, 0.6) is 5.75 Å². The van der Waals surface area contributed by atoms with Gasteiger partial charge in [0, 0.05) is 5.56 Å². The number of hydrazine groups is 1. The monoisotopic (exact) mass is 298 g/mol. The van der Waals surface area contributed by atoms with E-state index in [1.54, 1.807) is 37.3 Å². The standard InChI is InChI=1S/C17H18N2O3/c1-12-7-6-10-15(11-12)22-13(2)16(20)18-19-17(21)14-8-4-3-5-9-14/h3-11,13H,1-2H3,(H,18,20)(H,19,21). The first-order chi connectivity index (χ1) is 10.6. The van der Waals surface area contributed by atoms with Crippen LogP contribution in [0.4, 0.5) is 0 Å². The van der Waals surface area contributed by atoms with Crippen LogP contribution >= 0.6 is 0 Å². The van der Waals surface area contributed by atoms with Crippen molar-refractivity contribution < 1.29 is 14.3 Å². The normalized spacial score (nSPS) is 11.4. The first kappa shape index (κ1) is 15.6. The lowest BCUT2D eigenvalue weighted by Gasteiger charge is -2.15. The summed E-state index contributed by atoms with van der Waals surface area (Å²) in [5.41, 5.74) is 6.22. The van der Waals surface area contributed by atoms with Crippen LogP contribution in [0.1, 0.15) is 22.8 Å². The number of hydrogen-bond acceptors (Lipinski definition) is 3. The fourth-order valence-corrected chi connectivity index (χ4v) is 1.83. The van der Waals surface area contributed by atoms with Crippen molar-refractivity contribution in [1.29, 1.82) is 0 Å². The molecule has 1 atom stereocenters. The summed E-state index contributed by atoms with van der Waals surface area (Å²) in [4.78, 5) is 23.7. The van der Waals surface area contributed by atoms with Gasteiger partial charge in [-0.15, -0.1) is 0 Å². The molecule has 0 heterocycles. The summed E-state index contributed by atoms with van der Waals surface area (Å²) in [6, 6.07) is 16.0. The van der Waals surface area contributed by atoms with E-state index in [1.807, 2.05) is 31.2 Å². The van der Waals surface area contributed by atoms with Crippen LogP contribution in [0, 0.1) is 6.92 Å². The number of nitrogens with one attached hydrogen (secondary N) is 2. The molecule has 0 saturated carbocycles. The van der Waals surface area contributed by atoms with Gasteiger partial charge in [-0.05, 0) is 43.7 Å². The molecule has 2 aromatic carbocycles. The van der Waals surface area contributed by atoms with Gasteiger partial charge in [0.2, 0.25) is 0 Å². The van der Waals surface area contributed by atoms with E-state index in [4.69, 9.17) is 4.74 Å². The van der Waals surface area contributed by atoms with Gasteiger partial charge in [-0.3, -0.25) is 20.4 Å². The van der Waals surface area contributed by atoms with Gasteiger partial charge < -0.3 is 4.74 Å². The molecule has 0 aromatic heterocycles. The maximum atomic E-state index is 11.9. The van der Waals surface area contributed by atoms with Gasteiger partial charge in [0.25, 0.3) is 11.8 Å². The molecule has 2 rings (SSSR count). The predicted octanol–water partition coefficient (Wildman–Crippen LogP) is 2.22. The van der Waals surface area contributed by atoms with Gasteiger partial charge in [-0.1, -0.05) is 30.3 Å². The Balaban J connectivity index is 1.85. The first-order valence-corrected chi connectivity index (χ1v) is 6.95. The third kappa shape index (κ3) is 4.34. The quantitative estimate of drug-likeness (QED) is 0.851. The molecule has 2 N–H and O–H groups in total. The molecular formula is C17H18N2O3. The zero-order valence-electron chi connectivity index (χ0n) is 12.5. The molecule has 1 unspecified atom stereocenters. The van der Waals surface area contributed by atoms with Gasteiger partial charge in [0.15, 0.2) is 6.10 Å². The van der Waals surface area contributed by atoms with Crippen LogP contribution in [-0.4, -0.2) is 17.9 Å². The van der Waals surface area contributed by atoms with Crippen molar-refractivity contribution in [2.75, 3.05) is 0 Å². The fourth-order valence-electron chi connectivity index (χ4n) is 1.83. The summed E-state index contributed by atoms with van der Waals surface area (Å²) >= 11 is 0. The second-order valence-corrected chi connectivity index (χ2v) is 4.89. The van der Waals surface area contributed by atoms with Gasteiger partial charge in [-0.2, -0.15) is 0 Å². The highest BCUT2D eigenvalue weighted by atomic mass is 16.5. The molecule has 114 valence electrons. The van der Waals surface area contributed by atoms with Crippen LogP contribution in [0.3, 0.4) is 0 Å². The molecule has 2 aromatic rings. The smallest absolute Gasteiger partial charge is 0.279 e. The maximum absolute atomic E-state index is 11.9. The minimum Gasteiger partial charge on any atom is -0.481 e. The average Bonchev–Trinajstić information content (AvgIpc) is 2.53. The fraction of sp³-hybridized carbons (Fsp3) is 0.176. The Morgan fingerprint density at radius 1 is 1.00 bits per heavy atom. The molecule has 2 amide bonds. The molecule has 0 radical (unpaired) electrons. The van der Waals surface area contributed by atoms with Crippen molar-refractivity contribution in [2.24, 2.45) is 0 Å². The van der Waals surface area contributed by atoms with E-state index in [-0.39, 0.29) is 5.91 Å². The van der Waals surface area contributed by atoms with Crippen molar-refractivity contribution in [3.8, 4) is 5.75 Å². The van der Waals surface area contributed by atoms with Crippen LogP contribution < -0.4 is 15.6 Å². The Morgan fingerprint density at radius 3 is 2.41 bits per heavy atom. The molecule has 0 bridgehead atoms. The largest absolute Gasteiger partial charge is 0.481 e. The van der Waals surface area contributed by atoms with E-state index in [0.717, 1.165) is 5.56 Å². The minimum absolute atomic E-state index is 0.378. The number of rotatable bonds is 4. The summed E-state index contributed by atoms with van der Waals surface area (Å²) in [6.07, 6.45) is -0.724. The Morgan fingerprint density at radius 2 is 1.73 bits per heavy atom. The summed E-state index contributed by atoms with van der Waals surface area (Å²) in [5, 5.41) is 0. The second kappa shape index (κ2) is 7.26. The second-order valence-electron chi connectivity index (χ2n) is 4.89. The van der Waals surface area contributed by atoms with Crippen LogP contribution in [0.15, 0.2) is 54.6 Å². The molecule has 0 saturated heterocycles. The number of carbonyl (C=O) groups excluding carboxylic acids is 2. The predicted molar refractivity (Wildman–Crippen MR) is 83.3 cm³/mol. The lowest BCUT2D eigenvalue weighted by Crippen LogP contribution is -2.47. The molecule has 0 fully saturated rings. The zero-order valence-corrected chi connectivity index (χ0v) is 12.5. The van der Waals surface area contributed by atoms with Crippen LogP contribution in [0.2, 0.25) is 0 Å². The lowest BCUT2D eigenvalue weighted by molar-refractivity contribution is -0.128. The summed E-state index contributed by atoms with van der Waals surface area (Å²) < 4.78 is 5.53. The molecule has 0 aliphatic rings. The summed E-state index contributed by atoms with van der Waals surface area (Å²) in [7, 11) is 0. The molecule has 5 nitrogen and oxygen atoms in total. The number of amides is 2. The van der Waals surface area contributed by atoms with E-state index in [9.17, 15) is 9.59 Å². The van der Waals surface area contributed by atoms with Crippen molar-refractivity contribution >= 4 is 11.8 Å². The van der Waals surface area contributed by atoms with Crippen LogP contribution in [0.25, 0.3) is 0 Å². The average molecular weight is 298 g/mol. The van der Waals surface area contributed by atoms with E-state index in [0.29, 0.717) is 11.3 Å². The van der Waals surface area contributed by atoms with Gasteiger partial charge >= 0.3 is 0 Å². The van der Waals surface area contributed by atoms with Crippen molar-refractivity contribution in [2.45, 2.75) is 20.0 Å². The van der Waals surface area contributed by atoms with E-state index < -0.39 is 12.0 Å². The number of aryl methyl sites for hydroxylation is 1. The molecule has 0 aliphatic heterocycles. The molecule has 5 heteroatoms. The third-order valence-corrected chi connectivity index (χ3v) is 3.01. The molecular weight excluding hydrogens is 280 g/mol. The zero-order chi connectivity index (χ0) is 15.9. The van der Waals surface area contributed by atoms with Gasteiger partial charge in [-0.25, -0.2) is 0 Å². The van der Waals surface area contributed by atoms with Crippen molar-refractivity contribution in [3.63, 3.8) is 0 Å². The highest BCUT2D eigenvalue weighted by molar-refractivity contribution is 5.95.